The van der Waals surface area contributed by atoms with Crippen molar-refractivity contribution in [3.8, 4) is 28.7 Å². The molecule has 3 rings (SSSR count). The molecule has 1 aliphatic carbocycles. The second-order valence-corrected chi connectivity index (χ2v) is 8.01. The van der Waals surface area contributed by atoms with E-state index in [1.165, 1.54) is 46.1 Å². The van der Waals surface area contributed by atoms with E-state index in [0.717, 1.165) is 25.7 Å². The Hall–Kier alpha value is -3.75. The largest absolute Gasteiger partial charge is 0.493 e. The molecule has 2 aromatic carbocycles. The number of carbonyl (C=O) groups is 2. The van der Waals surface area contributed by atoms with Gasteiger partial charge in [0, 0.05) is 5.92 Å². The first-order valence-corrected chi connectivity index (χ1v) is 11.6. The van der Waals surface area contributed by atoms with Crippen molar-refractivity contribution in [2.45, 2.75) is 39.0 Å². The average molecular weight is 485 g/mol. The molecule has 35 heavy (non-hydrogen) atoms. The molecule has 0 bridgehead atoms. The van der Waals surface area contributed by atoms with Crippen LogP contribution in [0.1, 0.15) is 54.9 Å². The van der Waals surface area contributed by atoms with E-state index in [0.29, 0.717) is 35.2 Å². The van der Waals surface area contributed by atoms with Crippen LogP contribution in [0.15, 0.2) is 35.4 Å². The van der Waals surface area contributed by atoms with E-state index in [4.69, 9.17) is 23.7 Å². The van der Waals surface area contributed by atoms with Crippen molar-refractivity contribution in [3.05, 3.63) is 41.5 Å². The number of carbonyl (C=O) groups excluding carboxylic acids is 2. The second kappa shape index (κ2) is 12.6. The maximum atomic E-state index is 12.9. The van der Waals surface area contributed by atoms with Crippen LogP contribution in [-0.4, -0.2) is 46.0 Å². The number of methoxy groups -OCH3 is 3. The normalized spacial score (nSPS) is 13.8. The van der Waals surface area contributed by atoms with Crippen molar-refractivity contribution < 1.29 is 33.3 Å². The molecule has 188 valence electrons. The highest BCUT2D eigenvalue weighted by atomic mass is 16.6. The van der Waals surface area contributed by atoms with Gasteiger partial charge in [0.1, 0.15) is 0 Å². The Kier molecular flexibility index (Phi) is 9.34. The van der Waals surface area contributed by atoms with E-state index in [1.54, 1.807) is 18.2 Å². The monoisotopic (exact) mass is 484 g/mol. The summed E-state index contributed by atoms with van der Waals surface area (Å²) < 4.78 is 27.2. The highest BCUT2D eigenvalue weighted by Gasteiger charge is 2.21. The van der Waals surface area contributed by atoms with Gasteiger partial charge in [0.15, 0.2) is 23.0 Å². The third kappa shape index (κ3) is 6.65. The Morgan fingerprint density at radius 2 is 1.63 bits per heavy atom. The van der Waals surface area contributed by atoms with Gasteiger partial charge in [0.2, 0.25) is 11.7 Å². The maximum absolute atomic E-state index is 12.9. The summed E-state index contributed by atoms with van der Waals surface area (Å²) in [5.41, 5.74) is 3.53. The Labute approximate surface area is 205 Å². The van der Waals surface area contributed by atoms with Gasteiger partial charge in [-0.25, -0.2) is 10.2 Å². The SMILES string of the molecule is CCOc1cc(C=NNC(=O)C2CCCCC2)ccc1OC(=O)c1cc(OC)c(OC)c(OC)c1. The molecule has 9 nitrogen and oxygen atoms in total. The number of nitrogens with zero attached hydrogens (tertiary/aromatic N) is 1. The van der Waals surface area contributed by atoms with Crippen molar-refractivity contribution in [2.75, 3.05) is 27.9 Å². The fraction of sp³-hybridized carbons (Fsp3) is 0.423. The van der Waals surface area contributed by atoms with Gasteiger partial charge in [-0.05, 0) is 55.7 Å². The molecule has 0 spiro atoms. The molecule has 9 heteroatoms. The second-order valence-electron chi connectivity index (χ2n) is 8.01. The number of hydrazone groups is 1. The first-order valence-electron chi connectivity index (χ1n) is 11.6. The molecular formula is C26H32N2O7. The number of amides is 1. The van der Waals surface area contributed by atoms with Crippen LogP contribution in [0.4, 0.5) is 0 Å². The molecule has 1 saturated carbocycles. The smallest absolute Gasteiger partial charge is 0.343 e. The molecule has 1 N–H and O–H groups in total. The van der Waals surface area contributed by atoms with Gasteiger partial charge in [-0.3, -0.25) is 4.79 Å². The summed E-state index contributed by atoms with van der Waals surface area (Å²) in [6, 6.07) is 8.06. The van der Waals surface area contributed by atoms with E-state index in [2.05, 4.69) is 10.5 Å². The third-order valence-electron chi connectivity index (χ3n) is 5.74. The lowest BCUT2D eigenvalue weighted by Crippen LogP contribution is -2.28. The lowest BCUT2D eigenvalue weighted by atomic mass is 9.89. The van der Waals surface area contributed by atoms with Gasteiger partial charge in [-0.15, -0.1) is 0 Å². The molecular weight excluding hydrogens is 452 g/mol. The van der Waals surface area contributed by atoms with Crippen molar-refractivity contribution in [1.82, 2.24) is 5.43 Å². The van der Waals surface area contributed by atoms with Crippen LogP contribution in [0, 0.1) is 5.92 Å². The molecule has 0 aromatic heterocycles. The zero-order valence-electron chi connectivity index (χ0n) is 20.6. The third-order valence-corrected chi connectivity index (χ3v) is 5.74. The lowest BCUT2D eigenvalue weighted by molar-refractivity contribution is -0.125. The molecule has 1 amide bonds. The van der Waals surface area contributed by atoms with Crippen LogP contribution in [-0.2, 0) is 4.79 Å². The molecule has 2 aromatic rings. The fourth-order valence-electron chi connectivity index (χ4n) is 3.94. The van der Waals surface area contributed by atoms with Crippen LogP contribution in [0.3, 0.4) is 0 Å². The van der Waals surface area contributed by atoms with Gasteiger partial charge in [0.25, 0.3) is 0 Å². The predicted octanol–water partition coefficient (Wildman–Crippen LogP) is 4.36. The molecule has 0 heterocycles. The molecule has 0 radical (unpaired) electrons. The van der Waals surface area contributed by atoms with Crippen LogP contribution >= 0.6 is 0 Å². The minimum atomic E-state index is -0.619. The lowest BCUT2D eigenvalue weighted by Gasteiger charge is -2.19. The van der Waals surface area contributed by atoms with Gasteiger partial charge in [0.05, 0.1) is 39.7 Å². The number of nitrogens with one attached hydrogen (secondary N) is 1. The summed E-state index contributed by atoms with van der Waals surface area (Å²) in [6.45, 7) is 2.20. The van der Waals surface area contributed by atoms with E-state index in [9.17, 15) is 9.59 Å². The minimum Gasteiger partial charge on any atom is -0.493 e. The number of hydrogen-bond acceptors (Lipinski definition) is 8. The number of ether oxygens (including phenoxy) is 5. The predicted molar refractivity (Wildman–Crippen MR) is 131 cm³/mol. The Morgan fingerprint density at radius 1 is 0.943 bits per heavy atom. The number of rotatable bonds is 10. The molecule has 0 atom stereocenters. The van der Waals surface area contributed by atoms with Crippen molar-refractivity contribution >= 4 is 18.1 Å². The molecule has 0 aliphatic heterocycles. The first kappa shape index (κ1) is 25.9. The number of esters is 1. The Bertz CT molecular complexity index is 1040. The Balaban J connectivity index is 1.74. The zero-order chi connectivity index (χ0) is 25.2. The highest BCUT2D eigenvalue weighted by Crippen LogP contribution is 2.39. The summed E-state index contributed by atoms with van der Waals surface area (Å²) in [7, 11) is 4.42. The fourth-order valence-corrected chi connectivity index (χ4v) is 3.94. The molecule has 0 unspecified atom stereocenters. The maximum Gasteiger partial charge on any atom is 0.343 e. The molecule has 1 aliphatic rings. The van der Waals surface area contributed by atoms with Crippen molar-refractivity contribution in [1.29, 1.82) is 0 Å². The summed E-state index contributed by atoms with van der Waals surface area (Å²) in [5, 5.41) is 4.08. The number of benzene rings is 2. The Morgan fingerprint density at radius 3 is 2.23 bits per heavy atom. The van der Waals surface area contributed by atoms with Crippen LogP contribution in [0.2, 0.25) is 0 Å². The summed E-state index contributed by atoms with van der Waals surface area (Å²) in [4.78, 5) is 25.2. The summed E-state index contributed by atoms with van der Waals surface area (Å²) in [6.07, 6.45) is 6.69. The minimum absolute atomic E-state index is 0.0249. The standard InChI is InChI=1S/C26H32N2O7/c1-5-34-21-13-17(16-27-28-25(29)18-9-7-6-8-10-18)11-12-20(21)35-26(30)19-14-22(31-2)24(33-4)23(15-19)32-3/h11-16,18H,5-10H2,1-4H3,(H,28,29). The van der Waals surface area contributed by atoms with Crippen molar-refractivity contribution in [3.63, 3.8) is 0 Å². The zero-order valence-corrected chi connectivity index (χ0v) is 20.6. The van der Waals surface area contributed by atoms with Crippen molar-refractivity contribution in [2.24, 2.45) is 11.0 Å². The van der Waals surface area contributed by atoms with E-state index in [-0.39, 0.29) is 23.1 Å². The molecule has 1 fully saturated rings. The van der Waals surface area contributed by atoms with Crippen LogP contribution in [0.25, 0.3) is 0 Å². The van der Waals surface area contributed by atoms with Gasteiger partial charge in [-0.2, -0.15) is 5.10 Å². The topological polar surface area (TPSA) is 105 Å². The summed E-state index contributed by atoms with van der Waals surface area (Å²) in [5.74, 6) is 1.02. The average Bonchev–Trinajstić information content (AvgIpc) is 2.89. The first-order chi connectivity index (χ1) is 17.0. The van der Waals surface area contributed by atoms with Gasteiger partial charge < -0.3 is 23.7 Å². The highest BCUT2D eigenvalue weighted by molar-refractivity contribution is 5.93. The van der Waals surface area contributed by atoms with Gasteiger partial charge in [-0.1, -0.05) is 19.3 Å². The quantitative estimate of drug-likeness (QED) is 0.231. The summed E-state index contributed by atoms with van der Waals surface area (Å²) >= 11 is 0. The van der Waals surface area contributed by atoms with Crippen LogP contribution in [0.5, 0.6) is 28.7 Å². The van der Waals surface area contributed by atoms with E-state index >= 15 is 0 Å². The van der Waals surface area contributed by atoms with E-state index < -0.39 is 5.97 Å². The van der Waals surface area contributed by atoms with E-state index in [1.807, 2.05) is 6.92 Å². The number of hydrogen-bond donors (Lipinski definition) is 1. The van der Waals surface area contributed by atoms with Crippen LogP contribution < -0.4 is 29.1 Å². The molecule has 0 saturated heterocycles. The van der Waals surface area contributed by atoms with Gasteiger partial charge >= 0.3 is 5.97 Å².